The molecule has 4 rings (SSSR count). The number of guanidine groups is 1. The van der Waals surface area contributed by atoms with Crippen molar-refractivity contribution >= 4 is 5.96 Å². The summed E-state index contributed by atoms with van der Waals surface area (Å²) in [4.78, 5) is 4.82. The molecule has 0 radical (unpaired) electrons. The molecule has 3 aromatic rings. The molecule has 2 aromatic carbocycles. The first-order valence-corrected chi connectivity index (χ1v) is 11.5. The molecule has 0 spiro atoms. The summed E-state index contributed by atoms with van der Waals surface area (Å²) in [7, 11) is 1.96. The Morgan fingerprint density at radius 1 is 1.21 bits per heavy atom. The van der Waals surface area contributed by atoms with Gasteiger partial charge in [-0.15, -0.1) is 10.2 Å². The summed E-state index contributed by atoms with van der Waals surface area (Å²) in [5.74, 6) is 4.27. The molecule has 8 nitrogen and oxygen atoms in total. The zero-order valence-electron chi connectivity index (χ0n) is 19.5. The van der Waals surface area contributed by atoms with Gasteiger partial charge in [-0.3, -0.25) is 0 Å². The highest BCUT2D eigenvalue weighted by Gasteiger charge is 2.22. The highest BCUT2D eigenvalue weighted by molar-refractivity contribution is 5.80. The van der Waals surface area contributed by atoms with Crippen molar-refractivity contribution in [3.8, 4) is 11.5 Å². The zero-order valence-corrected chi connectivity index (χ0v) is 19.5. The smallest absolute Gasteiger partial charge is 0.192 e. The molecule has 1 aliphatic rings. The third kappa shape index (κ3) is 5.83. The van der Waals surface area contributed by atoms with Crippen molar-refractivity contribution in [2.75, 3.05) is 19.8 Å². The normalized spacial score (nSPS) is 15.5. The Morgan fingerprint density at radius 2 is 2.09 bits per heavy atom. The van der Waals surface area contributed by atoms with Crippen LogP contribution in [0.5, 0.6) is 11.5 Å². The number of para-hydroxylation sites is 1. The minimum Gasteiger partial charge on any atom is -0.494 e. The average molecular weight is 449 g/mol. The molecule has 1 unspecified atom stereocenters. The van der Waals surface area contributed by atoms with Crippen molar-refractivity contribution in [2.45, 2.75) is 39.3 Å². The molecule has 2 heterocycles. The summed E-state index contributed by atoms with van der Waals surface area (Å²) < 4.78 is 13.4. The van der Waals surface area contributed by atoms with Crippen molar-refractivity contribution < 1.29 is 9.47 Å². The van der Waals surface area contributed by atoms with Gasteiger partial charge in [0.05, 0.1) is 19.3 Å². The van der Waals surface area contributed by atoms with Crippen LogP contribution in [-0.2, 0) is 20.0 Å². The first kappa shape index (κ1) is 22.6. The molecule has 8 heteroatoms. The number of aliphatic imine (C=N–C) groups is 1. The van der Waals surface area contributed by atoms with E-state index in [1.165, 1.54) is 5.56 Å². The third-order valence-electron chi connectivity index (χ3n) is 5.75. The van der Waals surface area contributed by atoms with Crippen LogP contribution in [0.1, 0.15) is 42.2 Å². The Balaban J connectivity index is 1.46. The Morgan fingerprint density at radius 3 is 2.91 bits per heavy atom. The maximum Gasteiger partial charge on any atom is 0.192 e. The van der Waals surface area contributed by atoms with E-state index in [0.717, 1.165) is 54.1 Å². The second kappa shape index (κ2) is 10.8. The van der Waals surface area contributed by atoms with Crippen molar-refractivity contribution in [3.05, 3.63) is 71.3 Å². The lowest BCUT2D eigenvalue weighted by atomic mass is 10.0. The van der Waals surface area contributed by atoms with Crippen molar-refractivity contribution in [1.29, 1.82) is 0 Å². The Kier molecular flexibility index (Phi) is 7.44. The van der Waals surface area contributed by atoms with Crippen LogP contribution in [0.15, 0.2) is 53.5 Å². The van der Waals surface area contributed by atoms with E-state index in [1.54, 1.807) is 0 Å². The van der Waals surface area contributed by atoms with Crippen LogP contribution < -0.4 is 20.1 Å². The van der Waals surface area contributed by atoms with Gasteiger partial charge in [-0.2, -0.15) is 0 Å². The van der Waals surface area contributed by atoms with Crippen molar-refractivity contribution in [2.24, 2.45) is 12.0 Å². The molecular weight excluding hydrogens is 416 g/mol. The molecule has 0 amide bonds. The quantitative estimate of drug-likeness (QED) is 0.406. The lowest BCUT2D eigenvalue weighted by molar-refractivity contribution is 0.261. The van der Waals surface area contributed by atoms with Crippen LogP contribution in [0.25, 0.3) is 0 Å². The van der Waals surface area contributed by atoms with E-state index >= 15 is 0 Å². The Labute approximate surface area is 195 Å². The molecule has 174 valence electrons. The highest BCUT2D eigenvalue weighted by Crippen LogP contribution is 2.31. The van der Waals surface area contributed by atoms with Gasteiger partial charge in [-0.1, -0.05) is 30.3 Å². The van der Waals surface area contributed by atoms with E-state index in [-0.39, 0.29) is 6.04 Å². The molecule has 33 heavy (non-hydrogen) atoms. The molecule has 0 aliphatic carbocycles. The maximum atomic E-state index is 5.82. The molecule has 1 atom stereocenters. The van der Waals surface area contributed by atoms with Gasteiger partial charge in [0.1, 0.15) is 23.9 Å². The number of hydrogen-bond donors (Lipinski definition) is 2. The summed E-state index contributed by atoms with van der Waals surface area (Å²) in [6.07, 6.45) is 1.73. The number of nitrogens with one attached hydrogen (secondary N) is 2. The number of aryl methyl sites for hydroxylation is 1. The largest absolute Gasteiger partial charge is 0.494 e. The zero-order chi connectivity index (χ0) is 23.0. The topological polar surface area (TPSA) is 85.6 Å². The minimum absolute atomic E-state index is 0.128. The van der Waals surface area contributed by atoms with Crippen molar-refractivity contribution in [1.82, 2.24) is 25.4 Å². The number of fused-ring (bicyclic) bond motifs is 1. The van der Waals surface area contributed by atoms with Gasteiger partial charge in [-0.25, -0.2) is 4.99 Å². The maximum absolute atomic E-state index is 5.82. The van der Waals surface area contributed by atoms with E-state index < -0.39 is 0 Å². The van der Waals surface area contributed by atoms with Gasteiger partial charge in [0.15, 0.2) is 11.8 Å². The van der Waals surface area contributed by atoms with Crippen LogP contribution in [0, 0.1) is 6.92 Å². The Bertz CT molecular complexity index is 1090. The molecule has 0 saturated heterocycles. The number of rotatable bonds is 8. The SMILES string of the molecule is CCOc1cccc(CCNC(=NCc2nnc(C)n2C)NC2CCOc3ccccc32)c1. The summed E-state index contributed by atoms with van der Waals surface area (Å²) in [5, 5.41) is 15.5. The number of hydrogen-bond acceptors (Lipinski definition) is 5. The molecule has 0 fully saturated rings. The van der Waals surface area contributed by atoms with Gasteiger partial charge in [0.2, 0.25) is 0 Å². The Hall–Kier alpha value is -3.55. The van der Waals surface area contributed by atoms with Gasteiger partial charge >= 0.3 is 0 Å². The third-order valence-corrected chi connectivity index (χ3v) is 5.75. The van der Waals surface area contributed by atoms with Crippen LogP contribution in [-0.4, -0.2) is 40.5 Å². The van der Waals surface area contributed by atoms with E-state index in [4.69, 9.17) is 14.5 Å². The second-order valence-electron chi connectivity index (χ2n) is 8.02. The molecule has 1 aliphatic heterocycles. The van der Waals surface area contributed by atoms with Gasteiger partial charge in [-0.05, 0) is 44.0 Å². The predicted molar refractivity (Wildman–Crippen MR) is 129 cm³/mol. The lowest BCUT2D eigenvalue weighted by Crippen LogP contribution is -2.42. The monoisotopic (exact) mass is 448 g/mol. The summed E-state index contributed by atoms with van der Waals surface area (Å²) in [6.45, 7) is 6.45. The molecule has 0 saturated carbocycles. The fourth-order valence-electron chi connectivity index (χ4n) is 3.83. The van der Waals surface area contributed by atoms with Gasteiger partial charge in [0.25, 0.3) is 0 Å². The average Bonchev–Trinajstić information content (AvgIpc) is 3.15. The highest BCUT2D eigenvalue weighted by atomic mass is 16.5. The summed E-state index contributed by atoms with van der Waals surface area (Å²) in [6, 6.07) is 16.5. The molecular formula is C25H32N6O2. The van der Waals surface area contributed by atoms with Crippen LogP contribution >= 0.6 is 0 Å². The van der Waals surface area contributed by atoms with E-state index in [1.807, 2.05) is 55.8 Å². The second-order valence-corrected chi connectivity index (χ2v) is 8.02. The number of nitrogens with zero attached hydrogens (tertiary/aromatic N) is 4. The van der Waals surface area contributed by atoms with Gasteiger partial charge < -0.3 is 24.7 Å². The number of aromatic nitrogens is 3. The summed E-state index contributed by atoms with van der Waals surface area (Å²) >= 11 is 0. The van der Waals surface area contributed by atoms with E-state index in [9.17, 15) is 0 Å². The number of ether oxygens (including phenoxy) is 2. The van der Waals surface area contributed by atoms with E-state index in [0.29, 0.717) is 19.8 Å². The fourth-order valence-corrected chi connectivity index (χ4v) is 3.83. The summed E-state index contributed by atoms with van der Waals surface area (Å²) in [5.41, 5.74) is 2.37. The molecule has 0 bridgehead atoms. The van der Waals surface area contributed by atoms with E-state index in [2.05, 4.69) is 39.0 Å². The minimum atomic E-state index is 0.128. The lowest BCUT2D eigenvalue weighted by Gasteiger charge is -2.28. The standard InChI is InChI=1S/C25H32N6O2/c1-4-32-20-9-7-8-19(16-20)12-14-26-25(27-17-24-30-29-18(2)31(24)3)28-22-13-15-33-23-11-6-5-10-21(22)23/h5-11,16,22H,4,12-15,17H2,1-3H3,(H2,26,27,28). The first-order valence-electron chi connectivity index (χ1n) is 11.5. The fraction of sp³-hybridized carbons (Fsp3) is 0.400. The predicted octanol–water partition coefficient (Wildman–Crippen LogP) is 3.32. The van der Waals surface area contributed by atoms with Gasteiger partial charge in [0, 0.05) is 25.6 Å². The molecule has 2 N–H and O–H groups in total. The van der Waals surface area contributed by atoms with Crippen molar-refractivity contribution in [3.63, 3.8) is 0 Å². The molecule has 1 aromatic heterocycles. The van der Waals surface area contributed by atoms with Crippen LogP contribution in [0.2, 0.25) is 0 Å². The van der Waals surface area contributed by atoms with Crippen LogP contribution in [0.4, 0.5) is 0 Å². The number of benzene rings is 2. The first-order chi connectivity index (χ1) is 16.1. The van der Waals surface area contributed by atoms with Crippen LogP contribution in [0.3, 0.4) is 0 Å².